The van der Waals surface area contributed by atoms with Gasteiger partial charge in [-0.05, 0) is 36.6 Å². The minimum Gasteiger partial charge on any atom is -0.396 e. The Morgan fingerprint density at radius 2 is 2.05 bits per heavy atom. The number of nitrogens with one attached hydrogen (secondary N) is 1. The summed E-state index contributed by atoms with van der Waals surface area (Å²) in [4.78, 5) is 0. The number of halogens is 2. The summed E-state index contributed by atoms with van der Waals surface area (Å²) >= 11 is 5.88. The number of rotatable bonds is 5. The van der Waals surface area contributed by atoms with E-state index in [2.05, 4.69) is 29.4 Å². The van der Waals surface area contributed by atoms with Gasteiger partial charge in [0.05, 0.1) is 11.4 Å². The monoisotopic (exact) mass is 308 g/mol. The fraction of sp³-hybridized carbons (Fsp3) is 0.333. The van der Waals surface area contributed by atoms with E-state index >= 15 is 0 Å². The molecule has 0 saturated carbocycles. The van der Waals surface area contributed by atoms with Crippen molar-refractivity contribution >= 4 is 23.1 Å². The van der Waals surface area contributed by atoms with Gasteiger partial charge in [-0.1, -0.05) is 25.4 Å². The molecule has 112 valence electrons. The van der Waals surface area contributed by atoms with Gasteiger partial charge in [0.2, 0.25) is 0 Å². The van der Waals surface area contributed by atoms with Gasteiger partial charge in [-0.15, -0.1) is 10.2 Å². The van der Waals surface area contributed by atoms with Gasteiger partial charge in [-0.3, -0.25) is 0 Å². The summed E-state index contributed by atoms with van der Waals surface area (Å²) in [5.41, 5.74) is 7.03. The molecule has 3 N–H and O–H groups in total. The molecule has 1 heterocycles. The lowest BCUT2D eigenvalue weighted by Crippen LogP contribution is -2.09. The summed E-state index contributed by atoms with van der Waals surface area (Å²) in [5, 5.41) is 11.6. The molecular weight excluding hydrogens is 291 g/mol. The van der Waals surface area contributed by atoms with Crippen LogP contribution in [0.25, 0.3) is 11.3 Å². The first-order valence-corrected chi connectivity index (χ1v) is 7.17. The summed E-state index contributed by atoms with van der Waals surface area (Å²) in [6, 6.07) is 5.88. The quantitative estimate of drug-likeness (QED) is 0.877. The molecule has 0 amide bonds. The van der Waals surface area contributed by atoms with Gasteiger partial charge in [-0.2, -0.15) is 0 Å². The molecule has 21 heavy (non-hydrogen) atoms. The summed E-state index contributed by atoms with van der Waals surface area (Å²) in [5.74, 6) is 0.696. The van der Waals surface area contributed by atoms with Crippen LogP contribution in [-0.4, -0.2) is 16.7 Å². The molecule has 0 spiro atoms. The average Bonchev–Trinajstić information content (AvgIpc) is 2.43. The number of hydrogen-bond acceptors (Lipinski definition) is 4. The van der Waals surface area contributed by atoms with Crippen LogP contribution in [0, 0.1) is 11.7 Å². The van der Waals surface area contributed by atoms with E-state index in [9.17, 15) is 4.39 Å². The van der Waals surface area contributed by atoms with Crippen LogP contribution in [0.4, 0.5) is 15.9 Å². The zero-order valence-corrected chi connectivity index (χ0v) is 12.8. The Balaban J connectivity index is 2.20. The van der Waals surface area contributed by atoms with Crippen LogP contribution < -0.4 is 11.1 Å². The van der Waals surface area contributed by atoms with Gasteiger partial charge in [-0.25, -0.2) is 4.39 Å². The van der Waals surface area contributed by atoms with E-state index in [1.807, 2.05) is 0 Å². The van der Waals surface area contributed by atoms with Crippen molar-refractivity contribution in [1.29, 1.82) is 0 Å². The third kappa shape index (κ3) is 4.04. The summed E-state index contributed by atoms with van der Waals surface area (Å²) < 4.78 is 13.8. The van der Waals surface area contributed by atoms with Crippen molar-refractivity contribution in [1.82, 2.24) is 10.2 Å². The molecule has 0 aliphatic carbocycles. The predicted molar refractivity (Wildman–Crippen MR) is 84.8 cm³/mol. The minimum absolute atomic E-state index is 0.287. The molecule has 0 radical (unpaired) electrons. The van der Waals surface area contributed by atoms with Crippen LogP contribution in [0.1, 0.15) is 20.3 Å². The fourth-order valence-corrected chi connectivity index (χ4v) is 2.02. The number of nitrogen functional groups attached to an aromatic ring is 1. The summed E-state index contributed by atoms with van der Waals surface area (Å²) in [6.07, 6.45) is 1.01. The molecule has 0 bridgehead atoms. The van der Waals surface area contributed by atoms with Gasteiger partial charge >= 0.3 is 0 Å². The molecule has 0 unspecified atom stereocenters. The SMILES string of the molecule is CC(C)CCNc1nnc(-c2cc(Cl)ccc2F)cc1N. The third-order valence-electron chi connectivity index (χ3n) is 3.04. The Hall–Kier alpha value is -1.88. The second-order valence-electron chi connectivity index (χ2n) is 5.27. The molecule has 0 atom stereocenters. The zero-order valence-electron chi connectivity index (χ0n) is 12.0. The molecule has 4 nitrogen and oxygen atoms in total. The molecule has 1 aromatic heterocycles. The largest absolute Gasteiger partial charge is 0.396 e. The van der Waals surface area contributed by atoms with Crippen molar-refractivity contribution < 1.29 is 4.39 Å². The van der Waals surface area contributed by atoms with Crippen LogP contribution in [0.15, 0.2) is 24.3 Å². The van der Waals surface area contributed by atoms with Crippen LogP contribution in [0.3, 0.4) is 0 Å². The minimum atomic E-state index is -0.409. The Bertz CT molecular complexity index is 631. The van der Waals surface area contributed by atoms with Crippen molar-refractivity contribution in [3.8, 4) is 11.3 Å². The van der Waals surface area contributed by atoms with Gasteiger partial charge in [0.1, 0.15) is 5.82 Å². The highest BCUT2D eigenvalue weighted by molar-refractivity contribution is 6.30. The molecule has 2 aromatic rings. The third-order valence-corrected chi connectivity index (χ3v) is 3.28. The molecule has 1 aromatic carbocycles. The summed E-state index contributed by atoms with van der Waals surface area (Å²) in [6.45, 7) is 5.05. The molecule has 0 aliphatic rings. The highest BCUT2D eigenvalue weighted by atomic mass is 35.5. The molecule has 0 fully saturated rings. The van der Waals surface area contributed by atoms with E-state index in [0.29, 0.717) is 28.1 Å². The average molecular weight is 309 g/mol. The van der Waals surface area contributed by atoms with E-state index in [1.165, 1.54) is 18.2 Å². The van der Waals surface area contributed by atoms with Crippen molar-refractivity contribution in [3.05, 3.63) is 35.1 Å². The number of benzene rings is 1. The molecule has 6 heteroatoms. The van der Waals surface area contributed by atoms with E-state index in [-0.39, 0.29) is 5.56 Å². The predicted octanol–water partition coefficient (Wildman–Crippen LogP) is 3.98. The van der Waals surface area contributed by atoms with Crippen LogP contribution in [-0.2, 0) is 0 Å². The highest BCUT2D eigenvalue weighted by Crippen LogP contribution is 2.27. The second-order valence-corrected chi connectivity index (χ2v) is 5.70. The Morgan fingerprint density at radius 3 is 2.71 bits per heavy atom. The fourth-order valence-electron chi connectivity index (χ4n) is 1.85. The first-order valence-electron chi connectivity index (χ1n) is 6.80. The number of nitrogens with zero attached hydrogens (tertiary/aromatic N) is 2. The van der Waals surface area contributed by atoms with Crippen molar-refractivity contribution in [2.75, 3.05) is 17.6 Å². The van der Waals surface area contributed by atoms with E-state index in [4.69, 9.17) is 17.3 Å². The highest BCUT2D eigenvalue weighted by Gasteiger charge is 2.11. The van der Waals surface area contributed by atoms with Crippen molar-refractivity contribution in [3.63, 3.8) is 0 Å². The maximum Gasteiger partial charge on any atom is 0.171 e. The lowest BCUT2D eigenvalue weighted by molar-refractivity contribution is 0.606. The van der Waals surface area contributed by atoms with Crippen molar-refractivity contribution in [2.24, 2.45) is 5.92 Å². The smallest absolute Gasteiger partial charge is 0.171 e. The number of anilines is 2. The molecular formula is C15H18ClFN4. The van der Waals surface area contributed by atoms with E-state index in [0.717, 1.165) is 13.0 Å². The van der Waals surface area contributed by atoms with Gasteiger partial charge in [0.25, 0.3) is 0 Å². The number of hydrogen-bond donors (Lipinski definition) is 2. The van der Waals surface area contributed by atoms with E-state index < -0.39 is 5.82 Å². The second kappa shape index (κ2) is 6.72. The maximum atomic E-state index is 13.8. The lowest BCUT2D eigenvalue weighted by Gasteiger charge is -2.10. The lowest BCUT2D eigenvalue weighted by atomic mass is 10.1. The van der Waals surface area contributed by atoms with Gasteiger partial charge in [0.15, 0.2) is 5.82 Å². The Morgan fingerprint density at radius 1 is 1.29 bits per heavy atom. The van der Waals surface area contributed by atoms with Crippen LogP contribution >= 0.6 is 11.6 Å². The van der Waals surface area contributed by atoms with Gasteiger partial charge < -0.3 is 11.1 Å². The van der Waals surface area contributed by atoms with Crippen LogP contribution in [0.5, 0.6) is 0 Å². The zero-order chi connectivity index (χ0) is 15.4. The summed E-state index contributed by atoms with van der Waals surface area (Å²) in [7, 11) is 0. The topological polar surface area (TPSA) is 63.8 Å². The maximum absolute atomic E-state index is 13.8. The molecule has 0 saturated heterocycles. The Kier molecular flexibility index (Phi) is 4.96. The molecule has 2 rings (SSSR count). The first-order chi connectivity index (χ1) is 9.97. The number of nitrogens with two attached hydrogens (primary N) is 1. The first kappa shape index (κ1) is 15.5. The standard InChI is InChI=1S/C15H18ClFN4/c1-9(2)5-6-19-15-13(18)8-14(20-21-15)11-7-10(16)3-4-12(11)17/h3-4,7-9H,5-6H2,1-2H3,(H2,18,20)(H,19,21). The van der Waals surface area contributed by atoms with E-state index in [1.54, 1.807) is 6.07 Å². The van der Waals surface area contributed by atoms with Gasteiger partial charge in [0, 0.05) is 17.1 Å². The van der Waals surface area contributed by atoms with Crippen molar-refractivity contribution in [2.45, 2.75) is 20.3 Å². The normalized spacial score (nSPS) is 10.9. The Labute approximate surface area is 128 Å². The van der Waals surface area contributed by atoms with Crippen LogP contribution in [0.2, 0.25) is 5.02 Å². The number of aromatic nitrogens is 2. The molecule has 0 aliphatic heterocycles.